The van der Waals surface area contributed by atoms with E-state index < -0.39 is 0 Å². The molecule has 0 radical (unpaired) electrons. The number of amides is 1. The van der Waals surface area contributed by atoms with Crippen LogP contribution in [0.5, 0.6) is 0 Å². The number of aromatic nitrogens is 2. The molecule has 1 amide bonds. The summed E-state index contributed by atoms with van der Waals surface area (Å²) >= 11 is 0. The van der Waals surface area contributed by atoms with Gasteiger partial charge in [0, 0.05) is 24.7 Å². The molecule has 0 aromatic carbocycles. The third-order valence-corrected chi connectivity index (χ3v) is 3.25. The van der Waals surface area contributed by atoms with Crippen LogP contribution in [-0.4, -0.2) is 45.3 Å². The molecular formula is C11H17N3O2. The Hall–Kier alpha value is -1.36. The van der Waals surface area contributed by atoms with E-state index in [-0.39, 0.29) is 17.9 Å². The van der Waals surface area contributed by atoms with Crippen molar-refractivity contribution in [1.29, 1.82) is 0 Å². The zero-order valence-corrected chi connectivity index (χ0v) is 9.60. The quantitative estimate of drug-likeness (QED) is 0.769. The highest BCUT2D eigenvalue weighted by atomic mass is 16.3. The SMILES string of the molecule is Cc1[nH]ncc1C(=O)N1CCC(C(C)O)C1. The van der Waals surface area contributed by atoms with Gasteiger partial charge in [-0.25, -0.2) is 0 Å². The van der Waals surface area contributed by atoms with Gasteiger partial charge in [-0.15, -0.1) is 0 Å². The van der Waals surface area contributed by atoms with Crippen molar-refractivity contribution < 1.29 is 9.90 Å². The molecule has 88 valence electrons. The van der Waals surface area contributed by atoms with Gasteiger partial charge in [0.2, 0.25) is 0 Å². The fraction of sp³-hybridized carbons (Fsp3) is 0.636. The summed E-state index contributed by atoms with van der Waals surface area (Å²) in [4.78, 5) is 13.9. The number of hydrogen-bond donors (Lipinski definition) is 2. The molecule has 0 saturated carbocycles. The Kier molecular flexibility index (Phi) is 2.96. The second-order valence-electron chi connectivity index (χ2n) is 4.45. The third kappa shape index (κ3) is 1.95. The van der Waals surface area contributed by atoms with E-state index in [1.165, 1.54) is 0 Å². The third-order valence-electron chi connectivity index (χ3n) is 3.25. The molecule has 1 fully saturated rings. The molecule has 0 aliphatic carbocycles. The van der Waals surface area contributed by atoms with Crippen molar-refractivity contribution in [2.45, 2.75) is 26.4 Å². The first-order chi connectivity index (χ1) is 7.59. The molecular weight excluding hydrogens is 206 g/mol. The van der Waals surface area contributed by atoms with E-state index in [1.54, 1.807) is 18.0 Å². The normalized spacial score (nSPS) is 22.4. The number of hydrogen-bond acceptors (Lipinski definition) is 3. The van der Waals surface area contributed by atoms with E-state index >= 15 is 0 Å². The second-order valence-corrected chi connectivity index (χ2v) is 4.45. The number of rotatable bonds is 2. The number of carbonyl (C=O) groups excluding carboxylic acids is 1. The van der Waals surface area contributed by atoms with E-state index in [4.69, 9.17) is 0 Å². The summed E-state index contributed by atoms with van der Waals surface area (Å²) in [5.41, 5.74) is 1.43. The van der Waals surface area contributed by atoms with Crippen molar-refractivity contribution in [2.75, 3.05) is 13.1 Å². The van der Waals surface area contributed by atoms with Crippen molar-refractivity contribution >= 4 is 5.91 Å². The maximum Gasteiger partial charge on any atom is 0.257 e. The van der Waals surface area contributed by atoms with Gasteiger partial charge in [-0.3, -0.25) is 9.89 Å². The highest BCUT2D eigenvalue weighted by molar-refractivity contribution is 5.95. The molecule has 5 nitrogen and oxygen atoms in total. The summed E-state index contributed by atoms with van der Waals surface area (Å²) < 4.78 is 0. The van der Waals surface area contributed by atoms with Crippen molar-refractivity contribution in [3.63, 3.8) is 0 Å². The summed E-state index contributed by atoms with van der Waals surface area (Å²) in [6.45, 7) is 4.98. The van der Waals surface area contributed by atoms with Gasteiger partial charge in [0.15, 0.2) is 0 Å². The summed E-state index contributed by atoms with van der Waals surface area (Å²) in [5, 5.41) is 16.1. The maximum atomic E-state index is 12.1. The van der Waals surface area contributed by atoms with Gasteiger partial charge in [-0.2, -0.15) is 5.10 Å². The average molecular weight is 223 g/mol. The largest absolute Gasteiger partial charge is 0.393 e. The molecule has 2 unspecified atom stereocenters. The van der Waals surface area contributed by atoms with Crippen LogP contribution >= 0.6 is 0 Å². The van der Waals surface area contributed by atoms with Crippen LogP contribution in [0.1, 0.15) is 29.4 Å². The Morgan fingerprint density at radius 3 is 3.00 bits per heavy atom. The Morgan fingerprint density at radius 2 is 2.50 bits per heavy atom. The van der Waals surface area contributed by atoms with Crippen LogP contribution in [0, 0.1) is 12.8 Å². The van der Waals surface area contributed by atoms with Crippen LogP contribution < -0.4 is 0 Å². The number of nitrogens with one attached hydrogen (secondary N) is 1. The summed E-state index contributed by atoms with van der Waals surface area (Å²) in [5.74, 6) is 0.213. The minimum absolute atomic E-state index is 0.00870. The van der Waals surface area contributed by atoms with E-state index in [0.29, 0.717) is 12.1 Å². The predicted octanol–water partition coefficient (Wildman–Crippen LogP) is 0.561. The lowest BCUT2D eigenvalue weighted by atomic mass is 10.0. The van der Waals surface area contributed by atoms with Crippen LogP contribution in [0.4, 0.5) is 0 Å². The maximum absolute atomic E-state index is 12.1. The number of H-pyrrole nitrogens is 1. The summed E-state index contributed by atoms with van der Waals surface area (Å²) in [6, 6.07) is 0. The Morgan fingerprint density at radius 1 is 1.75 bits per heavy atom. The fourth-order valence-corrected chi connectivity index (χ4v) is 2.10. The van der Waals surface area contributed by atoms with Crippen LogP contribution in [0.2, 0.25) is 0 Å². The van der Waals surface area contributed by atoms with Crippen molar-refractivity contribution in [1.82, 2.24) is 15.1 Å². The zero-order chi connectivity index (χ0) is 11.7. The number of carbonyl (C=O) groups is 1. The molecule has 2 heterocycles. The molecule has 2 rings (SSSR count). The van der Waals surface area contributed by atoms with Crippen LogP contribution in [0.15, 0.2) is 6.20 Å². The van der Waals surface area contributed by atoms with E-state index in [9.17, 15) is 9.90 Å². The highest BCUT2D eigenvalue weighted by Crippen LogP contribution is 2.21. The molecule has 1 aromatic rings. The molecule has 2 atom stereocenters. The van der Waals surface area contributed by atoms with Crippen molar-refractivity contribution in [3.8, 4) is 0 Å². The van der Waals surface area contributed by atoms with Crippen molar-refractivity contribution in [3.05, 3.63) is 17.5 Å². The van der Waals surface area contributed by atoms with E-state index in [0.717, 1.165) is 18.7 Å². The van der Waals surface area contributed by atoms with Gasteiger partial charge in [-0.05, 0) is 20.3 Å². The number of nitrogens with zero attached hydrogens (tertiary/aromatic N) is 2. The molecule has 1 aliphatic rings. The lowest BCUT2D eigenvalue weighted by molar-refractivity contribution is 0.0762. The Labute approximate surface area is 94.5 Å². The van der Waals surface area contributed by atoms with Gasteiger partial charge in [0.1, 0.15) is 0 Å². The van der Waals surface area contributed by atoms with Crippen LogP contribution in [0.25, 0.3) is 0 Å². The number of aliphatic hydroxyl groups is 1. The van der Waals surface area contributed by atoms with E-state index in [1.807, 2.05) is 6.92 Å². The smallest absolute Gasteiger partial charge is 0.257 e. The van der Waals surface area contributed by atoms with Crippen LogP contribution in [0.3, 0.4) is 0 Å². The number of aliphatic hydroxyl groups excluding tert-OH is 1. The highest BCUT2D eigenvalue weighted by Gasteiger charge is 2.30. The summed E-state index contributed by atoms with van der Waals surface area (Å²) in [7, 11) is 0. The standard InChI is InChI=1S/C11H17N3O2/c1-7-10(5-12-13-7)11(16)14-4-3-9(6-14)8(2)15/h5,8-9,15H,3-4,6H2,1-2H3,(H,12,13). The van der Waals surface area contributed by atoms with Gasteiger partial charge < -0.3 is 10.0 Å². The summed E-state index contributed by atoms with van der Waals surface area (Å²) in [6.07, 6.45) is 2.09. The molecule has 0 spiro atoms. The minimum atomic E-state index is -0.344. The molecule has 1 aromatic heterocycles. The molecule has 0 bridgehead atoms. The van der Waals surface area contributed by atoms with Gasteiger partial charge >= 0.3 is 0 Å². The molecule has 16 heavy (non-hydrogen) atoms. The topological polar surface area (TPSA) is 69.2 Å². The molecule has 1 aliphatic heterocycles. The van der Waals surface area contributed by atoms with Gasteiger partial charge in [0.05, 0.1) is 17.9 Å². The Balaban J connectivity index is 2.05. The molecule has 1 saturated heterocycles. The van der Waals surface area contributed by atoms with Crippen molar-refractivity contribution in [2.24, 2.45) is 5.92 Å². The average Bonchev–Trinajstić information content (AvgIpc) is 2.84. The lowest BCUT2D eigenvalue weighted by Gasteiger charge is -2.17. The molecule has 2 N–H and O–H groups in total. The minimum Gasteiger partial charge on any atom is -0.393 e. The lowest BCUT2D eigenvalue weighted by Crippen LogP contribution is -2.30. The second kappa shape index (κ2) is 4.25. The Bertz CT molecular complexity index is 386. The predicted molar refractivity (Wildman–Crippen MR) is 59.0 cm³/mol. The zero-order valence-electron chi connectivity index (χ0n) is 9.60. The van der Waals surface area contributed by atoms with Gasteiger partial charge in [-0.1, -0.05) is 0 Å². The number of likely N-dealkylation sites (tertiary alicyclic amines) is 1. The first-order valence-electron chi connectivity index (χ1n) is 5.57. The number of aromatic amines is 1. The first kappa shape index (κ1) is 11.1. The fourth-order valence-electron chi connectivity index (χ4n) is 2.10. The monoisotopic (exact) mass is 223 g/mol. The number of aryl methyl sites for hydroxylation is 1. The van der Waals surface area contributed by atoms with E-state index in [2.05, 4.69) is 10.2 Å². The first-order valence-corrected chi connectivity index (χ1v) is 5.57. The molecule has 5 heteroatoms. The van der Waals surface area contributed by atoms with Crippen LogP contribution in [-0.2, 0) is 0 Å². The van der Waals surface area contributed by atoms with Gasteiger partial charge in [0.25, 0.3) is 5.91 Å².